The minimum Gasteiger partial charge on any atom is -0.378 e. The summed E-state index contributed by atoms with van der Waals surface area (Å²) >= 11 is 0. The molecule has 1 saturated carbocycles. The van der Waals surface area contributed by atoms with Crippen LogP contribution in [0, 0.1) is 22.7 Å². The summed E-state index contributed by atoms with van der Waals surface area (Å²) in [6.07, 6.45) is -0.639. The zero-order valence-electron chi connectivity index (χ0n) is 12.6. The quantitative estimate of drug-likeness (QED) is 0.871. The molecule has 0 radical (unpaired) electrons. The minimum atomic E-state index is -4.54. The van der Waals surface area contributed by atoms with Crippen molar-refractivity contribution in [1.29, 1.82) is 5.26 Å². The third kappa shape index (κ3) is 2.91. The molecule has 1 saturated heterocycles. The standard InChI is InChI=1S/C15H23F3N2O/c1-11(2)13(7-8-19)5-3-12(4-6-13)20-9-14(21,10-20)15(16,17)18/h11-12,21H,3-7,9-10H2,1-2H3/t12-,13-. The first-order chi connectivity index (χ1) is 9.63. The summed E-state index contributed by atoms with van der Waals surface area (Å²) in [4.78, 5) is 1.74. The molecule has 1 aliphatic heterocycles. The van der Waals surface area contributed by atoms with Gasteiger partial charge in [0, 0.05) is 25.6 Å². The van der Waals surface area contributed by atoms with Gasteiger partial charge in [-0.1, -0.05) is 13.8 Å². The number of nitrogens with zero attached hydrogens (tertiary/aromatic N) is 2. The van der Waals surface area contributed by atoms with Gasteiger partial charge in [0.05, 0.1) is 6.07 Å². The predicted octanol–water partition coefficient (Wildman–Crippen LogP) is 3.09. The number of aliphatic hydroxyl groups is 1. The summed E-state index contributed by atoms with van der Waals surface area (Å²) in [5.41, 5.74) is -2.51. The van der Waals surface area contributed by atoms with E-state index in [0.717, 1.165) is 25.7 Å². The largest absolute Gasteiger partial charge is 0.419 e. The first kappa shape index (κ1) is 16.6. The molecule has 0 unspecified atom stereocenters. The Balaban J connectivity index is 1.90. The maximum atomic E-state index is 12.6. The summed E-state index contributed by atoms with van der Waals surface area (Å²) in [5.74, 6) is 0.404. The highest BCUT2D eigenvalue weighted by Crippen LogP contribution is 2.48. The van der Waals surface area contributed by atoms with Gasteiger partial charge in [-0.2, -0.15) is 18.4 Å². The van der Waals surface area contributed by atoms with Crippen LogP contribution in [0.5, 0.6) is 0 Å². The van der Waals surface area contributed by atoms with Crippen LogP contribution in [0.25, 0.3) is 0 Å². The smallest absolute Gasteiger partial charge is 0.378 e. The molecular weight excluding hydrogens is 281 g/mol. The Kier molecular flexibility index (Phi) is 4.29. The molecule has 21 heavy (non-hydrogen) atoms. The molecule has 1 aliphatic carbocycles. The van der Waals surface area contributed by atoms with Crippen LogP contribution in [0.1, 0.15) is 46.0 Å². The van der Waals surface area contributed by atoms with E-state index in [0.29, 0.717) is 12.3 Å². The SMILES string of the molecule is CC(C)[C@]1(CC#N)CC[C@@H](N2CC(O)(C(F)(F)F)C2)CC1. The van der Waals surface area contributed by atoms with Crippen LogP contribution in [0.4, 0.5) is 13.2 Å². The van der Waals surface area contributed by atoms with Gasteiger partial charge in [-0.3, -0.25) is 4.90 Å². The molecule has 0 aromatic heterocycles. The lowest BCUT2D eigenvalue weighted by atomic mass is 9.64. The average molecular weight is 304 g/mol. The number of hydrogen-bond acceptors (Lipinski definition) is 3. The maximum Gasteiger partial charge on any atom is 0.419 e. The van der Waals surface area contributed by atoms with E-state index in [1.165, 1.54) is 0 Å². The number of alkyl halides is 3. The number of rotatable bonds is 3. The Morgan fingerprint density at radius 3 is 2.19 bits per heavy atom. The Hall–Kier alpha value is -0.800. The monoisotopic (exact) mass is 304 g/mol. The van der Waals surface area contributed by atoms with Crippen molar-refractivity contribution in [3.05, 3.63) is 0 Å². The van der Waals surface area contributed by atoms with E-state index in [4.69, 9.17) is 5.26 Å². The molecule has 0 spiro atoms. The Morgan fingerprint density at radius 2 is 1.81 bits per heavy atom. The molecule has 0 aromatic carbocycles. The normalized spacial score (nSPS) is 33.5. The number of likely N-dealkylation sites (tertiary alicyclic amines) is 1. The summed E-state index contributed by atoms with van der Waals surface area (Å²) in [5, 5.41) is 18.5. The highest BCUT2D eigenvalue weighted by Gasteiger charge is 2.62. The van der Waals surface area contributed by atoms with Gasteiger partial charge in [-0.25, -0.2) is 0 Å². The fourth-order valence-corrected chi connectivity index (χ4v) is 3.72. The number of hydrogen-bond donors (Lipinski definition) is 1. The fraction of sp³-hybridized carbons (Fsp3) is 0.933. The second kappa shape index (κ2) is 5.44. The van der Waals surface area contributed by atoms with Crippen LogP contribution >= 0.6 is 0 Å². The topological polar surface area (TPSA) is 47.3 Å². The zero-order valence-corrected chi connectivity index (χ0v) is 12.6. The van der Waals surface area contributed by atoms with E-state index in [9.17, 15) is 18.3 Å². The van der Waals surface area contributed by atoms with E-state index in [-0.39, 0.29) is 24.5 Å². The average Bonchev–Trinajstić information content (AvgIpc) is 2.35. The predicted molar refractivity (Wildman–Crippen MR) is 72.3 cm³/mol. The first-order valence-electron chi connectivity index (χ1n) is 7.54. The zero-order chi connectivity index (χ0) is 15.9. The molecule has 2 rings (SSSR count). The van der Waals surface area contributed by atoms with Crippen LogP contribution in [0.3, 0.4) is 0 Å². The lowest BCUT2D eigenvalue weighted by Gasteiger charge is -2.53. The number of nitriles is 1. The van der Waals surface area contributed by atoms with Crippen LogP contribution in [-0.2, 0) is 0 Å². The van der Waals surface area contributed by atoms with Crippen molar-refractivity contribution >= 4 is 0 Å². The molecule has 1 N–H and O–H groups in total. The van der Waals surface area contributed by atoms with Gasteiger partial charge < -0.3 is 5.11 Å². The van der Waals surface area contributed by atoms with Crippen LogP contribution in [0.15, 0.2) is 0 Å². The Bertz CT molecular complexity index is 414. The van der Waals surface area contributed by atoms with Crippen molar-refractivity contribution in [1.82, 2.24) is 4.90 Å². The molecule has 1 heterocycles. The Morgan fingerprint density at radius 1 is 1.29 bits per heavy atom. The van der Waals surface area contributed by atoms with Crippen LogP contribution < -0.4 is 0 Å². The maximum absolute atomic E-state index is 12.6. The van der Waals surface area contributed by atoms with Gasteiger partial charge in [-0.05, 0) is 37.0 Å². The summed E-state index contributed by atoms with van der Waals surface area (Å²) in [6.45, 7) is 3.61. The lowest BCUT2D eigenvalue weighted by molar-refractivity contribution is -0.307. The summed E-state index contributed by atoms with van der Waals surface area (Å²) < 4.78 is 37.9. The van der Waals surface area contributed by atoms with E-state index >= 15 is 0 Å². The molecule has 0 aromatic rings. The van der Waals surface area contributed by atoms with Crippen LogP contribution in [-0.4, -0.2) is 40.9 Å². The second-order valence-corrected chi connectivity index (χ2v) is 7.02. The summed E-state index contributed by atoms with van der Waals surface area (Å²) in [7, 11) is 0. The molecule has 0 atom stereocenters. The van der Waals surface area contributed by atoms with Gasteiger partial charge in [0.1, 0.15) is 0 Å². The van der Waals surface area contributed by atoms with Gasteiger partial charge in [0.2, 0.25) is 0 Å². The number of halogens is 3. The first-order valence-corrected chi connectivity index (χ1v) is 7.54. The van der Waals surface area contributed by atoms with E-state index in [1.807, 2.05) is 0 Å². The van der Waals surface area contributed by atoms with Gasteiger partial charge >= 0.3 is 6.18 Å². The van der Waals surface area contributed by atoms with E-state index in [1.54, 1.807) is 4.90 Å². The van der Waals surface area contributed by atoms with Gasteiger partial charge in [0.25, 0.3) is 0 Å². The fourth-order valence-electron chi connectivity index (χ4n) is 3.72. The van der Waals surface area contributed by atoms with E-state index in [2.05, 4.69) is 19.9 Å². The molecule has 120 valence electrons. The van der Waals surface area contributed by atoms with Crippen molar-refractivity contribution < 1.29 is 18.3 Å². The lowest BCUT2D eigenvalue weighted by Crippen LogP contribution is -2.71. The molecule has 0 amide bonds. The molecule has 6 heteroatoms. The van der Waals surface area contributed by atoms with Crippen molar-refractivity contribution in [3.8, 4) is 6.07 Å². The molecule has 2 aliphatic rings. The third-order valence-corrected chi connectivity index (χ3v) is 5.58. The highest BCUT2D eigenvalue weighted by molar-refractivity contribution is 5.05. The molecule has 0 bridgehead atoms. The van der Waals surface area contributed by atoms with Crippen molar-refractivity contribution in [2.75, 3.05) is 13.1 Å². The van der Waals surface area contributed by atoms with Gasteiger partial charge in [0.15, 0.2) is 5.60 Å². The Labute approximate surface area is 123 Å². The molecule has 2 fully saturated rings. The third-order valence-electron chi connectivity index (χ3n) is 5.58. The minimum absolute atomic E-state index is 0.0104. The summed E-state index contributed by atoms with van der Waals surface area (Å²) in [6, 6.07) is 2.37. The molecule has 3 nitrogen and oxygen atoms in total. The van der Waals surface area contributed by atoms with Gasteiger partial charge in [-0.15, -0.1) is 0 Å². The van der Waals surface area contributed by atoms with Crippen molar-refractivity contribution in [3.63, 3.8) is 0 Å². The number of β-amino-alcohol motifs (C(OH)–C–C–N with tert-alkyl or cyclic N) is 1. The second-order valence-electron chi connectivity index (χ2n) is 7.02. The van der Waals surface area contributed by atoms with E-state index < -0.39 is 11.8 Å². The highest BCUT2D eigenvalue weighted by atomic mass is 19.4. The van der Waals surface area contributed by atoms with Crippen LogP contribution in [0.2, 0.25) is 0 Å². The molecular formula is C15H23F3N2O. The van der Waals surface area contributed by atoms with Crippen molar-refractivity contribution in [2.24, 2.45) is 11.3 Å². The van der Waals surface area contributed by atoms with Crippen molar-refractivity contribution in [2.45, 2.75) is 63.8 Å².